The maximum absolute atomic E-state index is 6.16. The Kier molecular flexibility index (Phi) is 24.2. The third-order valence-electron chi connectivity index (χ3n) is 3.57. The molecule has 10 heteroatoms. The van der Waals surface area contributed by atoms with Crippen LogP contribution in [0, 0.1) is 0 Å². The van der Waals surface area contributed by atoms with Gasteiger partial charge >= 0.3 is 0 Å². The fourth-order valence-electron chi connectivity index (χ4n) is 2.27. The highest BCUT2D eigenvalue weighted by atomic mass is 35.5. The third-order valence-corrected chi connectivity index (χ3v) is 3.57. The number of benzene rings is 1. The fourth-order valence-corrected chi connectivity index (χ4v) is 2.27. The van der Waals surface area contributed by atoms with E-state index in [1.807, 2.05) is 24.3 Å². The molecule has 1 aromatic carbocycles. The lowest BCUT2D eigenvalue weighted by Gasteiger charge is -2.11. The van der Waals surface area contributed by atoms with Crippen LogP contribution in [0.5, 0.6) is 0 Å². The van der Waals surface area contributed by atoms with Gasteiger partial charge < -0.3 is 21.3 Å². The number of amidine groups is 2. The monoisotopic (exact) mass is 476 g/mol. The molecule has 28 heavy (non-hydrogen) atoms. The van der Waals surface area contributed by atoms with E-state index in [1.54, 1.807) is 0 Å². The van der Waals surface area contributed by atoms with Crippen LogP contribution in [0.15, 0.2) is 34.3 Å². The Bertz CT molecular complexity index is 516. The Hall–Kier alpha value is -0.760. The van der Waals surface area contributed by atoms with Crippen LogP contribution < -0.4 is 11.5 Å². The first kappa shape index (κ1) is 34.7. The Labute approximate surface area is 194 Å². The second-order valence-corrected chi connectivity index (χ2v) is 6.39. The van der Waals surface area contributed by atoms with Crippen molar-refractivity contribution < 1.29 is 0 Å². The highest BCUT2D eigenvalue weighted by Crippen LogP contribution is 2.09. The minimum absolute atomic E-state index is 0. The summed E-state index contributed by atoms with van der Waals surface area (Å²) in [6.45, 7) is 3.40. The number of aliphatic imine (C=N–C) groups is 2. The lowest BCUT2D eigenvalue weighted by atomic mass is 10.1. The van der Waals surface area contributed by atoms with Gasteiger partial charge in [0.25, 0.3) is 0 Å². The van der Waals surface area contributed by atoms with E-state index in [9.17, 15) is 0 Å². The Morgan fingerprint density at radius 1 is 0.714 bits per heavy atom. The van der Waals surface area contributed by atoms with E-state index in [2.05, 4.69) is 48.0 Å². The lowest BCUT2D eigenvalue weighted by Crippen LogP contribution is -2.23. The maximum Gasteiger partial charge on any atom is 0.126 e. The van der Waals surface area contributed by atoms with Gasteiger partial charge in [0.2, 0.25) is 0 Å². The molecule has 0 atom stereocenters. The normalized spacial score (nSPS) is 11.2. The highest BCUT2D eigenvalue weighted by molar-refractivity contribution is 6.10. The van der Waals surface area contributed by atoms with Crippen molar-refractivity contribution in [2.75, 3.05) is 54.4 Å². The largest absolute Gasteiger partial charge is 0.383 e. The summed E-state index contributed by atoms with van der Waals surface area (Å²) in [5.74, 6) is 1.05. The first-order valence-corrected chi connectivity index (χ1v) is 8.41. The van der Waals surface area contributed by atoms with Gasteiger partial charge in [0, 0.05) is 24.2 Å². The van der Waals surface area contributed by atoms with Gasteiger partial charge in [-0.2, -0.15) is 0 Å². The molecule has 0 spiro atoms. The molecule has 0 aliphatic heterocycles. The average Bonchev–Trinajstić information content (AvgIpc) is 2.54. The van der Waals surface area contributed by atoms with Crippen molar-refractivity contribution in [1.82, 2.24) is 9.80 Å². The van der Waals surface area contributed by atoms with Gasteiger partial charge in [-0.1, -0.05) is 24.3 Å². The molecule has 0 radical (unpaired) electrons. The van der Waals surface area contributed by atoms with Crippen LogP contribution >= 0.6 is 49.6 Å². The first-order chi connectivity index (χ1) is 11.4. The molecule has 0 aliphatic rings. The highest BCUT2D eigenvalue weighted by Gasteiger charge is 2.09. The van der Waals surface area contributed by atoms with E-state index in [0.29, 0.717) is 24.8 Å². The Morgan fingerprint density at radius 3 is 1.32 bits per heavy atom. The molecule has 6 nitrogen and oxygen atoms in total. The molecule has 0 unspecified atom stereocenters. The van der Waals surface area contributed by atoms with Gasteiger partial charge in [-0.05, 0) is 54.1 Å². The molecule has 0 bridgehead atoms. The lowest BCUT2D eigenvalue weighted by molar-refractivity contribution is 0.403. The summed E-state index contributed by atoms with van der Waals surface area (Å²) in [4.78, 5) is 13.2. The van der Waals surface area contributed by atoms with E-state index in [-0.39, 0.29) is 49.6 Å². The quantitative estimate of drug-likeness (QED) is 0.308. The van der Waals surface area contributed by atoms with Crippen molar-refractivity contribution in [2.45, 2.75) is 12.8 Å². The second kappa shape index (κ2) is 19.6. The second-order valence-electron chi connectivity index (χ2n) is 6.39. The summed E-state index contributed by atoms with van der Waals surface area (Å²) in [7, 11) is 8.21. The number of hydrogen-bond donors (Lipinski definition) is 2. The molecule has 0 saturated carbocycles. The molecule has 1 rings (SSSR count). The number of nitrogens with zero attached hydrogens (tertiary/aromatic N) is 4. The molecule has 4 N–H and O–H groups in total. The molecule has 0 aromatic heterocycles. The minimum Gasteiger partial charge on any atom is -0.383 e. The molecular weight excluding hydrogens is 442 g/mol. The van der Waals surface area contributed by atoms with Crippen LogP contribution in [0.3, 0.4) is 0 Å². The van der Waals surface area contributed by atoms with Crippen LogP contribution in [0.1, 0.15) is 24.0 Å². The average molecular weight is 478 g/mol. The van der Waals surface area contributed by atoms with Crippen molar-refractivity contribution in [3.8, 4) is 0 Å². The molecule has 0 heterocycles. The zero-order valence-corrected chi connectivity index (χ0v) is 20.4. The summed E-state index contributed by atoms with van der Waals surface area (Å²) >= 11 is 0. The van der Waals surface area contributed by atoms with E-state index in [4.69, 9.17) is 11.5 Å². The predicted molar refractivity (Wildman–Crippen MR) is 133 cm³/mol. The Morgan fingerprint density at radius 2 is 1.04 bits per heavy atom. The summed E-state index contributed by atoms with van der Waals surface area (Å²) < 4.78 is 0. The van der Waals surface area contributed by atoms with Gasteiger partial charge in [-0.15, -0.1) is 49.6 Å². The first-order valence-electron chi connectivity index (χ1n) is 8.41. The van der Waals surface area contributed by atoms with Gasteiger partial charge in [0.05, 0.1) is 0 Å². The van der Waals surface area contributed by atoms with Crippen LogP contribution in [-0.4, -0.2) is 75.8 Å². The smallest absolute Gasteiger partial charge is 0.126 e. The third kappa shape index (κ3) is 14.3. The van der Waals surface area contributed by atoms with Crippen LogP contribution in [-0.2, 0) is 0 Å². The number of halogens is 4. The molecular formula is C18H36Cl4N6. The van der Waals surface area contributed by atoms with E-state index >= 15 is 0 Å². The fraction of sp³-hybridized carbons (Fsp3) is 0.556. The molecule has 0 fully saturated rings. The Balaban J connectivity index is -0.000000720. The van der Waals surface area contributed by atoms with E-state index < -0.39 is 0 Å². The van der Waals surface area contributed by atoms with Crippen LogP contribution in [0.4, 0.5) is 0 Å². The topological polar surface area (TPSA) is 83.2 Å². The van der Waals surface area contributed by atoms with E-state index in [0.717, 1.165) is 37.1 Å². The maximum atomic E-state index is 6.16. The zero-order chi connectivity index (χ0) is 17.9. The van der Waals surface area contributed by atoms with Crippen molar-refractivity contribution in [3.05, 3.63) is 35.4 Å². The predicted octanol–water partition coefficient (Wildman–Crippen LogP) is 2.69. The van der Waals surface area contributed by atoms with Gasteiger partial charge in [-0.25, -0.2) is 0 Å². The van der Waals surface area contributed by atoms with E-state index in [1.165, 1.54) is 0 Å². The molecule has 1 aromatic rings. The standard InChI is InChI=1S/C18H32N6.4ClH/c1-23(2)13-7-11-21-17(19)15-9-5-6-10-16(15)18(20)22-12-8-14-24(3)4;;;;/h5-6,9-10H,7-8,11-14H2,1-4H3,(H2,19,21)(H2,20,22);4*1H. The van der Waals surface area contributed by atoms with Crippen molar-refractivity contribution >= 4 is 61.3 Å². The number of rotatable bonds is 10. The van der Waals surface area contributed by atoms with Gasteiger partial charge in [-0.3, -0.25) is 9.98 Å². The summed E-state index contributed by atoms with van der Waals surface area (Å²) in [5.41, 5.74) is 14.0. The van der Waals surface area contributed by atoms with Gasteiger partial charge in [0.1, 0.15) is 11.7 Å². The number of hydrogen-bond acceptors (Lipinski definition) is 4. The molecule has 166 valence electrons. The molecule has 0 amide bonds. The van der Waals surface area contributed by atoms with Crippen molar-refractivity contribution in [3.63, 3.8) is 0 Å². The summed E-state index contributed by atoms with van der Waals surface area (Å²) in [6.07, 6.45) is 1.95. The molecule has 0 aliphatic carbocycles. The summed E-state index contributed by atoms with van der Waals surface area (Å²) in [6, 6.07) is 7.78. The van der Waals surface area contributed by atoms with Crippen molar-refractivity contribution in [1.29, 1.82) is 0 Å². The number of nitrogens with two attached hydrogens (primary N) is 2. The summed E-state index contributed by atoms with van der Waals surface area (Å²) in [5, 5.41) is 0. The zero-order valence-electron chi connectivity index (χ0n) is 17.1. The van der Waals surface area contributed by atoms with Crippen LogP contribution in [0.25, 0.3) is 0 Å². The SMILES string of the molecule is CN(C)CCCN=C(N)c1ccccc1C(N)=NCCCN(C)C.Cl.Cl.Cl.Cl. The van der Waals surface area contributed by atoms with Crippen molar-refractivity contribution in [2.24, 2.45) is 21.5 Å². The van der Waals surface area contributed by atoms with Gasteiger partial charge in [0.15, 0.2) is 0 Å². The van der Waals surface area contributed by atoms with Crippen LogP contribution in [0.2, 0.25) is 0 Å². The molecule has 0 saturated heterocycles. The minimum atomic E-state index is 0.